The van der Waals surface area contributed by atoms with Gasteiger partial charge in [-0.2, -0.15) is 0 Å². The summed E-state index contributed by atoms with van der Waals surface area (Å²) >= 11 is 1.69. The predicted molar refractivity (Wildman–Crippen MR) is 114 cm³/mol. The lowest BCUT2D eigenvalue weighted by Gasteiger charge is -2.42. The van der Waals surface area contributed by atoms with Gasteiger partial charge in [-0.15, -0.1) is 11.3 Å². The van der Waals surface area contributed by atoms with Crippen molar-refractivity contribution in [2.24, 2.45) is 0 Å². The molecular formula is C22H28N2O4S. The fraction of sp³-hybridized carbons (Fsp3) is 0.455. The molecule has 156 valence electrons. The molecule has 3 rings (SSSR count). The van der Waals surface area contributed by atoms with E-state index < -0.39 is 5.60 Å². The molecule has 0 bridgehead atoms. The Labute approximate surface area is 175 Å². The standard InChI is InChI=1S/C22H28N2O4S/c1-16(2)23-21(26)22(15-24(10-11-28-22)20(25)14-27-3)13-17-6-8-18(9-7-17)19-5-4-12-29-19/h4-9,12,16H,10-11,13-15H2,1-3H3,(H,23,26)/t22-/m0/s1. The molecule has 1 aromatic heterocycles. The summed E-state index contributed by atoms with van der Waals surface area (Å²) in [6, 6.07) is 12.3. The van der Waals surface area contributed by atoms with Crippen LogP contribution >= 0.6 is 11.3 Å². The summed E-state index contributed by atoms with van der Waals surface area (Å²) in [6.45, 7) is 4.80. The van der Waals surface area contributed by atoms with E-state index in [1.54, 1.807) is 16.2 Å². The predicted octanol–water partition coefficient (Wildman–Crippen LogP) is 2.73. The van der Waals surface area contributed by atoms with E-state index in [1.807, 2.05) is 32.0 Å². The Morgan fingerprint density at radius 2 is 2.03 bits per heavy atom. The Kier molecular flexibility index (Phi) is 7.05. The molecule has 0 radical (unpaired) electrons. The van der Waals surface area contributed by atoms with E-state index in [9.17, 15) is 9.59 Å². The Morgan fingerprint density at radius 3 is 2.66 bits per heavy atom. The minimum atomic E-state index is -1.11. The monoisotopic (exact) mass is 416 g/mol. The number of benzene rings is 1. The van der Waals surface area contributed by atoms with Crippen molar-refractivity contribution in [3.05, 3.63) is 47.3 Å². The molecule has 29 heavy (non-hydrogen) atoms. The van der Waals surface area contributed by atoms with Crippen LogP contribution in [0, 0.1) is 0 Å². The molecule has 0 unspecified atom stereocenters. The Balaban J connectivity index is 1.83. The van der Waals surface area contributed by atoms with Gasteiger partial charge in [0.05, 0.1) is 13.2 Å². The molecule has 7 heteroatoms. The molecule has 1 N–H and O–H groups in total. The summed E-state index contributed by atoms with van der Waals surface area (Å²) in [4.78, 5) is 28.3. The molecule has 1 aromatic carbocycles. The van der Waals surface area contributed by atoms with E-state index >= 15 is 0 Å². The second-order valence-corrected chi connectivity index (χ2v) is 8.52. The molecular weight excluding hydrogens is 388 g/mol. The third-order valence-corrected chi connectivity index (χ3v) is 5.81. The quantitative estimate of drug-likeness (QED) is 0.754. The lowest BCUT2D eigenvalue weighted by atomic mass is 9.90. The first-order chi connectivity index (χ1) is 13.9. The SMILES string of the molecule is COCC(=O)N1CCO[C@](Cc2ccc(-c3cccs3)cc2)(C(=O)NC(C)C)C1. The van der Waals surface area contributed by atoms with Crippen molar-refractivity contribution in [3.63, 3.8) is 0 Å². The van der Waals surface area contributed by atoms with Crippen LogP contribution in [-0.2, 0) is 25.5 Å². The van der Waals surface area contributed by atoms with E-state index in [1.165, 1.54) is 12.0 Å². The number of carbonyl (C=O) groups excluding carboxylic acids is 2. The van der Waals surface area contributed by atoms with Crippen LogP contribution in [0.15, 0.2) is 41.8 Å². The number of amides is 2. The number of hydrogen-bond acceptors (Lipinski definition) is 5. The van der Waals surface area contributed by atoms with Gasteiger partial charge in [-0.25, -0.2) is 0 Å². The number of ether oxygens (including phenoxy) is 2. The van der Waals surface area contributed by atoms with E-state index in [0.29, 0.717) is 19.6 Å². The van der Waals surface area contributed by atoms with Crippen molar-refractivity contribution < 1.29 is 19.1 Å². The highest BCUT2D eigenvalue weighted by Gasteiger charge is 2.45. The first-order valence-electron chi connectivity index (χ1n) is 9.78. The maximum Gasteiger partial charge on any atom is 0.254 e. The van der Waals surface area contributed by atoms with Gasteiger partial charge in [-0.3, -0.25) is 9.59 Å². The highest BCUT2D eigenvalue weighted by atomic mass is 32.1. The van der Waals surface area contributed by atoms with Gasteiger partial charge >= 0.3 is 0 Å². The van der Waals surface area contributed by atoms with Gasteiger partial charge in [-0.1, -0.05) is 30.3 Å². The summed E-state index contributed by atoms with van der Waals surface area (Å²) in [5.74, 6) is -0.324. The van der Waals surface area contributed by atoms with Crippen molar-refractivity contribution in [1.82, 2.24) is 10.2 Å². The zero-order chi connectivity index (χ0) is 20.9. The molecule has 6 nitrogen and oxygen atoms in total. The smallest absolute Gasteiger partial charge is 0.254 e. The van der Waals surface area contributed by atoms with Gasteiger partial charge < -0.3 is 19.7 Å². The van der Waals surface area contributed by atoms with E-state index in [4.69, 9.17) is 9.47 Å². The van der Waals surface area contributed by atoms with Crippen molar-refractivity contribution in [1.29, 1.82) is 0 Å². The third kappa shape index (κ3) is 5.23. The number of methoxy groups -OCH3 is 1. The molecule has 1 saturated heterocycles. The molecule has 2 heterocycles. The van der Waals surface area contributed by atoms with Crippen LogP contribution in [0.4, 0.5) is 0 Å². The van der Waals surface area contributed by atoms with Gasteiger partial charge in [0.2, 0.25) is 5.91 Å². The van der Waals surface area contributed by atoms with Crippen molar-refractivity contribution in [2.45, 2.75) is 31.9 Å². The Hall–Kier alpha value is -2.22. The van der Waals surface area contributed by atoms with Crippen molar-refractivity contribution in [2.75, 3.05) is 33.4 Å². The normalized spacial score (nSPS) is 19.4. The average molecular weight is 417 g/mol. The maximum atomic E-state index is 13.1. The number of rotatable bonds is 7. The van der Waals surface area contributed by atoms with E-state index in [2.05, 4.69) is 28.9 Å². The number of nitrogens with one attached hydrogen (secondary N) is 1. The third-order valence-electron chi connectivity index (χ3n) is 4.89. The molecule has 1 aliphatic heterocycles. The largest absolute Gasteiger partial charge is 0.375 e. The first-order valence-corrected chi connectivity index (χ1v) is 10.7. The van der Waals surface area contributed by atoms with Crippen LogP contribution in [0.5, 0.6) is 0 Å². The molecule has 0 saturated carbocycles. The Morgan fingerprint density at radius 1 is 1.28 bits per heavy atom. The maximum absolute atomic E-state index is 13.1. The number of carbonyl (C=O) groups is 2. The van der Waals surface area contributed by atoms with E-state index in [0.717, 1.165) is 11.1 Å². The van der Waals surface area contributed by atoms with Crippen LogP contribution in [0.2, 0.25) is 0 Å². The molecule has 1 aliphatic rings. The second-order valence-electron chi connectivity index (χ2n) is 7.57. The van der Waals surface area contributed by atoms with Crippen molar-refractivity contribution in [3.8, 4) is 10.4 Å². The van der Waals surface area contributed by atoms with Gasteiger partial charge in [-0.05, 0) is 36.4 Å². The summed E-state index contributed by atoms with van der Waals surface area (Å²) in [6.07, 6.45) is 0.396. The summed E-state index contributed by atoms with van der Waals surface area (Å²) in [5.41, 5.74) is 1.02. The zero-order valence-corrected chi connectivity index (χ0v) is 18.0. The van der Waals surface area contributed by atoms with Crippen LogP contribution < -0.4 is 5.32 Å². The van der Waals surface area contributed by atoms with Gasteiger partial charge in [0, 0.05) is 31.0 Å². The first kappa shape index (κ1) is 21.5. The molecule has 1 fully saturated rings. The van der Waals surface area contributed by atoms with Gasteiger partial charge in [0.1, 0.15) is 6.61 Å². The summed E-state index contributed by atoms with van der Waals surface area (Å²) < 4.78 is 11.0. The fourth-order valence-corrected chi connectivity index (χ4v) is 4.22. The van der Waals surface area contributed by atoms with Crippen LogP contribution in [0.1, 0.15) is 19.4 Å². The van der Waals surface area contributed by atoms with E-state index in [-0.39, 0.29) is 31.0 Å². The minimum Gasteiger partial charge on any atom is -0.375 e. The van der Waals surface area contributed by atoms with Gasteiger partial charge in [0.15, 0.2) is 5.60 Å². The average Bonchev–Trinajstić information content (AvgIpc) is 3.23. The molecule has 0 aliphatic carbocycles. The highest BCUT2D eigenvalue weighted by Crippen LogP contribution is 2.28. The topological polar surface area (TPSA) is 67.9 Å². The fourth-order valence-electron chi connectivity index (χ4n) is 3.49. The van der Waals surface area contributed by atoms with Crippen LogP contribution in [0.25, 0.3) is 10.4 Å². The molecule has 0 spiro atoms. The number of thiophene rings is 1. The number of hydrogen-bond donors (Lipinski definition) is 1. The van der Waals surface area contributed by atoms with Crippen molar-refractivity contribution >= 4 is 23.2 Å². The highest BCUT2D eigenvalue weighted by molar-refractivity contribution is 7.13. The lowest BCUT2D eigenvalue weighted by molar-refractivity contribution is -0.167. The van der Waals surface area contributed by atoms with Crippen LogP contribution in [-0.4, -0.2) is 61.8 Å². The molecule has 2 aromatic rings. The second kappa shape index (κ2) is 9.52. The number of morpholine rings is 1. The Bertz CT molecular complexity index is 820. The summed E-state index contributed by atoms with van der Waals surface area (Å²) in [5, 5.41) is 5.02. The van der Waals surface area contributed by atoms with Crippen LogP contribution in [0.3, 0.4) is 0 Å². The molecule has 2 amide bonds. The zero-order valence-electron chi connectivity index (χ0n) is 17.1. The van der Waals surface area contributed by atoms with Gasteiger partial charge in [0.25, 0.3) is 5.91 Å². The minimum absolute atomic E-state index is 0.00259. The number of nitrogens with zero attached hydrogens (tertiary/aromatic N) is 1. The lowest BCUT2D eigenvalue weighted by Crippen LogP contribution is -2.63. The molecule has 1 atom stereocenters. The summed E-state index contributed by atoms with van der Waals surface area (Å²) in [7, 11) is 1.49.